The van der Waals surface area contributed by atoms with Crippen molar-refractivity contribution in [2.75, 3.05) is 6.26 Å². The normalized spacial score (nSPS) is 11.4. The first-order valence-electron chi connectivity index (χ1n) is 7.03. The zero-order valence-electron chi connectivity index (χ0n) is 12.7. The lowest BCUT2D eigenvalue weighted by Crippen LogP contribution is -2.00. The van der Waals surface area contributed by atoms with Gasteiger partial charge in [0.1, 0.15) is 5.75 Å². The number of aliphatic imine (C=N–C) groups is 1. The maximum absolute atomic E-state index is 11.6. The molecule has 0 fully saturated rings. The highest BCUT2D eigenvalue weighted by molar-refractivity contribution is 7.98. The maximum Gasteiger partial charge on any atom is 0.336 e. The first kappa shape index (κ1) is 15.4. The summed E-state index contributed by atoms with van der Waals surface area (Å²) in [6, 6.07) is 12.5. The average Bonchev–Trinajstić information content (AvgIpc) is 2.54. The highest BCUT2D eigenvalue weighted by atomic mass is 32.2. The van der Waals surface area contributed by atoms with Crippen LogP contribution in [-0.4, -0.2) is 17.6 Å². The van der Waals surface area contributed by atoms with Crippen molar-refractivity contribution in [3.8, 4) is 5.75 Å². The lowest BCUT2D eigenvalue weighted by Gasteiger charge is -2.06. The van der Waals surface area contributed by atoms with Crippen molar-refractivity contribution in [1.29, 1.82) is 0 Å². The van der Waals surface area contributed by atoms with Gasteiger partial charge in [0.2, 0.25) is 0 Å². The van der Waals surface area contributed by atoms with Crippen molar-refractivity contribution < 1.29 is 9.52 Å². The molecule has 0 aliphatic heterocycles. The zero-order chi connectivity index (χ0) is 16.4. The summed E-state index contributed by atoms with van der Waals surface area (Å²) in [4.78, 5) is 17.1. The predicted molar refractivity (Wildman–Crippen MR) is 94.4 cm³/mol. The summed E-state index contributed by atoms with van der Waals surface area (Å²) >= 11 is 1.59. The van der Waals surface area contributed by atoms with E-state index in [9.17, 15) is 9.90 Å². The van der Waals surface area contributed by atoms with Crippen LogP contribution in [0.25, 0.3) is 11.0 Å². The van der Waals surface area contributed by atoms with Crippen LogP contribution in [0.1, 0.15) is 11.1 Å². The summed E-state index contributed by atoms with van der Waals surface area (Å²) < 4.78 is 5.29. The molecule has 1 aromatic heterocycles. The molecule has 0 saturated heterocycles. The minimum Gasteiger partial charge on any atom is -0.507 e. The Hall–Kier alpha value is -2.53. The van der Waals surface area contributed by atoms with Gasteiger partial charge in [0.15, 0.2) is 5.58 Å². The summed E-state index contributed by atoms with van der Waals surface area (Å²) in [5.74, 6) is 0.0247. The minimum atomic E-state index is -0.445. The van der Waals surface area contributed by atoms with Crippen LogP contribution in [0.3, 0.4) is 0 Å². The Morgan fingerprint density at radius 3 is 2.78 bits per heavy atom. The third-order valence-electron chi connectivity index (χ3n) is 3.55. The zero-order valence-corrected chi connectivity index (χ0v) is 13.6. The third-order valence-corrected chi connectivity index (χ3v) is 4.34. The van der Waals surface area contributed by atoms with E-state index in [2.05, 4.69) is 4.99 Å². The number of fused-ring (bicyclic) bond motifs is 1. The quantitative estimate of drug-likeness (QED) is 0.443. The molecule has 0 amide bonds. The molecule has 2 aromatic carbocycles. The van der Waals surface area contributed by atoms with Gasteiger partial charge in [-0.1, -0.05) is 12.1 Å². The maximum atomic E-state index is 11.6. The van der Waals surface area contributed by atoms with E-state index in [1.807, 2.05) is 37.4 Å². The number of thioether (sulfide) groups is 1. The molecule has 3 aromatic rings. The SMILES string of the molecule is CSc1ccccc1N=Cc1c(O)ccc2c(C)cc(=O)oc12. The number of aryl methyl sites for hydroxylation is 1. The van der Waals surface area contributed by atoms with Crippen LogP contribution in [0.2, 0.25) is 0 Å². The second kappa shape index (κ2) is 6.30. The van der Waals surface area contributed by atoms with Crippen LogP contribution in [0.5, 0.6) is 5.75 Å². The first-order valence-corrected chi connectivity index (χ1v) is 8.26. The highest BCUT2D eigenvalue weighted by Crippen LogP contribution is 2.30. The van der Waals surface area contributed by atoms with E-state index in [1.54, 1.807) is 23.9 Å². The van der Waals surface area contributed by atoms with Crippen LogP contribution in [0.4, 0.5) is 5.69 Å². The molecule has 3 rings (SSSR count). The summed E-state index contributed by atoms with van der Waals surface area (Å²) in [5.41, 5.74) is 1.90. The summed E-state index contributed by atoms with van der Waals surface area (Å²) in [7, 11) is 0. The van der Waals surface area contributed by atoms with Gasteiger partial charge in [-0.15, -0.1) is 11.8 Å². The van der Waals surface area contributed by atoms with Crippen molar-refractivity contribution in [3.63, 3.8) is 0 Å². The first-order chi connectivity index (χ1) is 11.1. The Kier molecular flexibility index (Phi) is 4.21. The molecule has 4 nitrogen and oxygen atoms in total. The van der Waals surface area contributed by atoms with Crippen LogP contribution < -0.4 is 5.63 Å². The summed E-state index contributed by atoms with van der Waals surface area (Å²) in [5, 5.41) is 10.9. The van der Waals surface area contributed by atoms with Crippen LogP contribution >= 0.6 is 11.8 Å². The molecule has 0 saturated carbocycles. The number of benzene rings is 2. The number of nitrogens with zero attached hydrogens (tertiary/aromatic N) is 1. The number of aromatic hydroxyl groups is 1. The van der Waals surface area contributed by atoms with Gasteiger partial charge in [0.25, 0.3) is 0 Å². The fraction of sp³-hybridized carbons (Fsp3) is 0.111. The van der Waals surface area contributed by atoms with E-state index in [0.29, 0.717) is 11.1 Å². The molecule has 1 heterocycles. The molecule has 116 valence electrons. The molecule has 0 bridgehead atoms. The third kappa shape index (κ3) is 3.00. The van der Waals surface area contributed by atoms with Crippen LogP contribution in [0.15, 0.2) is 61.6 Å². The summed E-state index contributed by atoms with van der Waals surface area (Å²) in [6.07, 6.45) is 3.52. The minimum absolute atomic E-state index is 0.0247. The highest BCUT2D eigenvalue weighted by Gasteiger charge is 2.10. The van der Waals surface area contributed by atoms with E-state index >= 15 is 0 Å². The molecule has 0 radical (unpaired) electrons. The van der Waals surface area contributed by atoms with Gasteiger partial charge >= 0.3 is 5.63 Å². The Bertz CT molecular complexity index is 960. The van der Waals surface area contributed by atoms with Crippen molar-refractivity contribution in [1.82, 2.24) is 0 Å². The Morgan fingerprint density at radius 2 is 2.00 bits per heavy atom. The van der Waals surface area contributed by atoms with E-state index in [4.69, 9.17) is 4.42 Å². The Morgan fingerprint density at radius 1 is 1.22 bits per heavy atom. The van der Waals surface area contributed by atoms with Gasteiger partial charge in [0, 0.05) is 22.6 Å². The molecular formula is C18H15NO3S. The summed E-state index contributed by atoms with van der Waals surface area (Å²) in [6.45, 7) is 1.83. The number of phenols is 1. The van der Waals surface area contributed by atoms with Crippen LogP contribution in [-0.2, 0) is 0 Å². The molecule has 0 aliphatic rings. The molecule has 5 heteroatoms. The monoisotopic (exact) mass is 325 g/mol. The average molecular weight is 325 g/mol. The van der Waals surface area contributed by atoms with Crippen LogP contribution in [0, 0.1) is 6.92 Å². The Labute approximate surface area is 137 Å². The van der Waals surface area contributed by atoms with E-state index < -0.39 is 5.63 Å². The van der Waals surface area contributed by atoms with Gasteiger partial charge in [-0.25, -0.2) is 4.79 Å². The lowest BCUT2D eigenvalue weighted by atomic mass is 10.1. The number of para-hydroxylation sites is 1. The number of rotatable bonds is 3. The van der Waals surface area contributed by atoms with Gasteiger partial charge in [-0.05, 0) is 43.0 Å². The molecule has 0 unspecified atom stereocenters. The van der Waals surface area contributed by atoms with Gasteiger partial charge in [-0.2, -0.15) is 0 Å². The topological polar surface area (TPSA) is 62.8 Å². The van der Waals surface area contributed by atoms with Crippen molar-refractivity contribution in [2.24, 2.45) is 4.99 Å². The van der Waals surface area contributed by atoms with E-state index in [0.717, 1.165) is 21.5 Å². The largest absolute Gasteiger partial charge is 0.507 e. The van der Waals surface area contributed by atoms with E-state index in [1.165, 1.54) is 12.3 Å². The fourth-order valence-electron chi connectivity index (χ4n) is 2.39. The molecule has 0 atom stereocenters. The standard InChI is InChI=1S/C18H15NO3S/c1-11-9-17(21)22-18-12(11)7-8-15(20)13(18)10-19-14-5-3-4-6-16(14)23-2/h3-10,20H,1-2H3. The number of hydrogen-bond acceptors (Lipinski definition) is 5. The van der Waals surface area contributed by atoms with Gasteiger partial charge in [0.05, 0.1) is 11.3 Å². The van der Waals surface area contributed by atoms with Crippen molar-refractivity contribution in [3.05, 3.63) is 64.0 Å². The lowest BCUT2D eigenvalue weighted by molar-refractivity contribution is 0.472. The second-order valence-electron chi connectivity index (χ2n) is 5.05. The second-order valence-corrected chi connectivity index (χ2v) is 5.90. The van der Waals surface area contributed by atoms with Gasteiger partial charge < -0.3 is 9.52 Å². The van der Waals surface area contributed by atoms with Gasteiger partial charge in [-0.3, -0.25) is 4.99 Å². The Balaban J connectivity index is 2.18. The molecular weight excluding hydrogens is 310 g/mol. The molecule has 1 N–H and O–H groups in total. The fourth-order valence-corrected chi connectivity index (χ4v) is 2.93. The predicted octanol–water partition coefficient (Wildman–Crippen LogP) is 4.28. The molecule has 0 spiro atoms. The smallest absolute Gasteiger partial charge is 0.336 e. The molecule has 0 aliphatic carbocycles. The number of hydrogen-bond donors (Lipinski definition) is 1. The van der Waals surface area contributed by atoms with E-state index in [-0.39, 0.29) is 5.75 Å². The number of phenolic OH excluding ortho intramolecular Hbond substituents is 1. The molecule has 23 heavy (non-hydrogen) atoms. The van der Waals surface area contributed by atoms with Crippen molar-refractivity contribution >= 4 is 34.6 Å². The van der Waals surface area contributed by atoms with Crippen molar-refractivity contribution in [2.45, 2.75) is 11.8 Å².